The van der Waals surface area contributed by atoms with Crippen LogP contribution in [0.1, 0.15) is 34.5 Å². The summed E-state index contributed by atoms with van der Waals surface area (Å²) < 4.78 is 39.9. The van der Waals surface area contributed by atoms with Gasteiger partial charge in [-0.2, -0.15) is 13.2 Å². The number of anilines is 1. The first-order valence-corrected chi connectivity index (χ1v) is 12.4. The van der Waals surface area contributed by atoms with E-state index in [1.54, 1.807) is 48.5 Å². The molecule has 4 rings (SSSR count). The number of aromatic nitrogens is 2. The molecule has 6 N–H and O–H groups in total. The van der Waals surface area contributed by atoms with Gasteiger partial charge in [-0.1, -0.05) is 42.5 Å². The molecule has 3 amide bonds. The van der Waals surface area contributed by atoms with Crippen LogP contribution in [0.5, 0.6) is 0 Å². The fourth-order valence-electron chi connectivity index (χ4n) is 4.24. The molecule has 3 atom stereocenters. The summed E-state index contributed by atoms with van der Waals surface area (Å²) in [5.74, 6) is 3.64. The molecule has 0 bridgehead atoms. The smallest absolute Gasteiger partial charge is 0.381 e. The molecule has 3 unspecified atom stereocenters. The third-order valence-electron chi connectivity index (χ3n) is 6.36. The topological polar surface area (TPSA) is 153 Å². The van der Waals surface area contributed by atoms with Crippen LogP contribution in [0.3, 0.4) is 0 Å². The van der Waals surface area contributed by atoms with Crippen LogP contribution in [0.2, 0.25) is 0 Å². The van der Waals surface area contributed by atoms with E-state index in [0.717, 1.165) is 11.9 Å². The summed E-state index contributed by atoms with van der Waals surface area (Å²) in [6, 6.07) is 15.1. The Hall–Kier alpha value is -4.75. The third kappa shape index (κ3) is 7.07. The second kappa shape index (κ2) is 12.2. The number of aliphatic hydroxyl groups is 1. The molecule has 0 spiro atoms. The van der Waals surface area contributed by atoms with Crippen molar-refractivity contribution in [3.05, 3.63) is 95.8 Å². The molecule has 0 aliphatic rings. The van der Waals surface area contributed by atoms with E-state index in [1.807, 2.05) is 5.32 Å². The second-order valence-electron chi connectivity index (χ2n) is 9.31. The number of aromatic amines is 1. The van der Waals surface area contributed by atoms with Crippen LogP contribution in [0.15, 0.2) is 79.1 Å². The molecule has 0 saturated heterocycles. The number of benzene rings is 3. The minimum absolute atomic E-state index is 0.0757. The molecule has 1 heterocycles. The highest BCUT2D eigenvalue weighted by atomic mass is 19.4. The Labute approximate surface area is 232 Å². The maximum atomic E-state index is 13.3. The Morgan fingerprint density at radius 1 is 1.02 bits per heavy atom. The van der Waals surface area contributed by atoms with E-state index >= 15 is 0 Å². The number of nitrogens with zero attached hydrogens (tertiary/aromatic N) is 2. The van der Waals surface area contributed by atoms with E-state index in [1.165, 1.54) is 30.6 Å². The molecular formula is C28H27F3N6O4. The van der Waals surface area contributed by atoms with Crippen molar-refractivity contribution in [1.82, 2.24) is 20.6 Å². The number of halogens is 3. The fraction of sp³-hybridized carbons (Fsp3) is 0.214. The molecule has 0 radical (unpaired) electrons. The van der Waals surface area contributed by atoms with Crippen LogP contribution in [-0.2, 0) is 16.0 Å². The van der Waals surface area contributed by atoms with E-state index < -0.39 is 48.5 Å². The summed E-state index contributed by atoms with van der Waals surface area (Å²) in [6.45, 7) is 0.996. The summed E-state index contributed by atoms with van der Waals surface area (Å²) in [6.07, 6.45) is -5.50. The van der Waals surface area contributed by atoms with Gasteiger partial charge in [-0.25, -0.2) is 15.8 Å². The SMILES string of the molecule is CC(=O)NC(Cc1ccc(C(=O)NC(c2ccccc2)C(O)C(=O)N(N)c2ccc3nc[nH]c3c2)cc1)C(F)(F)F. The molecule has 4 aromatic rings. The molecular weight excluding hydrogens is 541 g/mol. The number of aliphatic hydroxyl groups excluding tert-OH is 1. The maximum Gasteiger partial charge on any atom is 0.408 e. The quantitative estimate of drug-likeness (QED) is 0.119. The molecule has 3 aromatic carbocycles. The van der Waals surface area contributed by atoms with Crippen molar-refractivity contribution >= 4 is 34.4 Å². The second-order valence-corrected chi connectivity index (χ2v) is 9.31. The lowest BCUT2D eigenvalue weighted by molar-refractivity contribution is -0.160. The number of carbonyl (C=O) groups is 3. The lowest BCUT2D eigenvalue weighted by Gasteiger charge is -2.27. The van der Waals surface area contributed by atoms with Gasteiger partial charge in [0.2, 0.25) is 5.91 Å². The number of amides is 3. The highest BCUT2D eigenvalue weighted by molar-refractivity contribution is 5.99. The number of carbonyl (C=O) groups excluding carboxylic acids is 3. The molecule has 1 aromatic heterocycles. The first kappa shape index (κ1) is 29.2. The highest BCUT2D eigenvalue weighted by Crippen LogP contribution is 2.25. The molecule has 214 valence electrons. The van der Waals surface area contributed by atoms with Gasteiger partial charge >= 0.3 is 6.18 Å². The number of H-pyrrole nitrogens is 1. The average molecular weight is 569 g/mol. The van der Waals surface area contributed by atoms with Crippen LogP contribution in [-0.4, -0.2) is 51.1 Å². The van der Waals surface area contributed by atoms with Crippen LogP contribution in [0.25, 0.3) is 11.0 Å². The number of fused-ring (bicyclic) bond motifs is 1. The van der Waals surface area contributed by atoms with Gasteiger partial charge in [0.15, 0.2) is 6.10 Å². The Bertz CT molecular complexity index is 1530. The normalized spacial score (nSPS) is 13.7. The molecule has 0 aliphatic carbocycles. The number of hydrazine groups is 1. The van der Waals surface area contributed by atoms with E-state index in [-0.39, 0.29) is 16.8 Å². The Morgan fingerprint density at radius 3 is 2.34 bits per heavy atom. The number of nitrogens with two attached hydrogens (primary N) is 1. The summed E-state index contributed by atoms with van der Waals surface area (Å²) in [5.41, 5.74) is 2.28. The van der Waals surface area contributed by atoms with Gasteiger partial charge in [0.25, 0.3) is 11.8 Å². The monoisotopic (exact) mass is 568 g/mol. The zero-order chi connectivity index (χ0) is 29.7. The summed E-state index contributed by atoms with van der Waals surface area (Å²) in [5, 5.41) is 16.4. The van der Waals surface area contributed by atoms with Gasteiger partial charge in [0.05, 0.1) is 29.1 Å². The summed E-state index contributed by atoms with van der Waals surface area (Å²) in [4.78, 5) is 44.5. The number of hydrogen-bond donors (Lipinski definition) is 5. The van der Waals surface area contributed by atoms with Crippen molar-refractivity contribution in [2.45, 2.75) is 37.7 Å². The summed E-state index contributed by atoms with van der Waals surface area (Å²) in [7, 11) is 0. The number of hydrogen-bond acceptors (Lipinski definition) is 6. The Morgan fingerprint density at radius 2 is 1.71 bits per heavy atom. The van der Waals surface area contributed by atoms with Crippen molar-refractivity contribution < 1.29 is 32.7 Å². The molecule has 13 heteroatoms. The van der Waals surface area contributed by atoms with Crippen molar-refractivity contribution in [2.24, 2.45) is 5.84 Å². The fourth-order valence-corrected chi connectivity index (χ4v) is 4.24. The molecule has 0 fully saturated rings. The number of imidazole rings is 1. The maximum absolute atomic E-state index is 13.3. The zero-order valence-corrected chi connectivity index (χ0v) is 21.7. The van der Waals surface area contributed by atoms with E-state index in [9.17, 15) is 32.7 Å². The van der Waals surface area contributed by atoms with Crippen molar-refractivity contribution in [3.8, 4) is 0 Å². The Kier molecular flexibility index (Phi) is 8.69. The van der Waals surface area contributed by atoms with Crippen molar-refractivity contribution in [2.75, 3.05) is 5.01 Å². The predicted octanol–water partition coefficient (Wildman–Crippen LogP) is 2.91. The molecule has 0 aliphatic heterocycles. The minimum atomic E-state index is -4.66. The van der Waals surface area contributed by atoms with Gasteiger partial charge in [0, 0.05) is 18.9 Å². The van der Waals surface area contributed by atoms with E-state index in [2.05, 4.69) is 15.3 Å². The molecule has 10 nitrogen and oxygen atoms in total. The van der Waals surface area contributed by atoms with Crippen LogP contribution < -0.4 is 21.5 Å². The van der Waals surface area contributed by atoms with Crippen LogP contribution in [0.4, 0.5) is 18.9 Å². The molecule has 0 saturated carbocycles. The van der Waals surface area contributed by atoms with Gasteiger partial charge in [-0.05, 0) is 41.5 Å². The summed E-state index contributed by atoms with van der Waals surface area (Å²) >= 11 is 0. The minimum Gasteiger partial charge on any atom is -0.381 e. The van der Waals surface area contributed by atoms with Gasteiger partial charge in [-0.3, -0.25) is 14.4 Å². The van der Waals surface area contributed by atoms with Gasteiger partial charge in [0.1, 0.15) is 6.04 Å². The standard InChI is InChI=1S/C28H27F3N6O4/c1-16(38)35-23(28(29,30)31)13-17-7-9-19(10-8-17)26(40)36-24(18-5-3-2-4-6-18)25(39)27(41)37(32)20-11-12-21-22(14-20)34-15-33-21/h2-12,14-15,23-25,39H,13,32H2,1H3,(H,33,34)(H,35,38)(H,36,40). The van der Waals surface area contributed by atoms with Crippen LogP contribution in [0, 0.1) is 0 Å². The van der Waals surface area contributed by atoms with Gasteiger partial charge < -0.3 is 20.7 Å². The number of nitrogens with one attached hydrogen (secondary N) is 3. The van der Waals surface area contributed by atoms with Crippen molar-refractivity contribution in [1.29, 1.82) is 0 Å². The third-order valence-corrected chi connectivity index (χ3v) is 6.36. The highest BCUT2D eigenvalue weighted by Gasteiger charge is 2.40. The first-order chi connectivity index (χ1) is 19.4. The van der Waals surface area contributed by atoms with Crippen molar-refractivity contribution in [3.63, 3.8) is 0 Å². The zero-order valence-electron chi connectivity index (χ0n) is 21.7. The Balaban J connectivity index is 1.52. The predicted molar refractivity (Wildman–Crippen MR) is 144 cm³/mol. The van der Waals surface area contributed by atoms with E-state index in [0.29, 0.717) is 16.6 Å². The van der Waals surface area contributed by atoms with E-state index in [4.69, 9.17) is 5.84 Å². The number of alkyl halides is 3. The van der Waals surface area contributed by atoms with Crippen LogP contribution >= 0.6 is 0 Å². The average Bonchev–Trinajstić information content (AvgIpc) is 3.42. The number of rotatable bonds is 9. The molecule has 41 heavy (non-hydrogen) atoms. The lowest BCUT2D eigenvalue weighted by Crippen LogP contribution is -2.50. The van der Waals surface area contributed by atoms with Gasteiger partial charge in [-0.15, -0.1) is 0 Å². The lowest BCUT2D eigenvalue weighted by atomic mass is 9.99. The largest absolute Gasteiger partial charge is 0.408 e. The first-order valence-electron chi connectivity index (χ1n) is 12.4.